The minimum atomic E-state index is -0.579. The maximum Gasteiger partial charge on any atom is 0.251 e. The van der Waals surface area contributed by atoms with Crippen molar-refractivity contribution in [2.24, 2.45) is 17.8 Å². The molecule has 2 N–H and O–H groups in total. The van der Waals surface area contributed by atoms with E-state index in [0.717, 1.165) is 25.7 Å². The van der Waals surface area contributed by atoms with Gasteiger partial charge in [0, 0.05) is 31.1 Å². The first kappa shape index (κ1) is 20.4. The molecule has 1 unspecified atom stereocenters. The molecule has 1 aromatic carbocycles. The van der Waals surface area contributed by atoms with Crippen LogP contribution in [0.5, 0.6) is 0 Å². The molecule has 1 saturated carbocycles. The van der Waals surface area contributed by atoms with E-state index in [1.165, 1.54) is 0 Å². The first-order chi connectivity index (χ1) is 13.5. The van der Waals surface area contributed by atoms with Crippen LogP contribution < -0.4 is 10.6 Å². The molecule has 1 heterocycles. The highest BCUT2D eigenvalue weighted by Crippen LogP contribution is 2.33. The number of rotatable bonds is 7. The Labute approximate surface area is 167 Å². The van der Waals surface area contributed by atoms with E-state index in [0.29, 0.717) is 31.1 Å². The van der Waals surface area contributed by atoms with Crippen molar-refractivity contribution in [2.75, 3.05) is 19.6 Å². The second kappa shape index (κ2) is 9.22. The van der Waals surface area contributed by atoms with Gasteiger partial charge < -0.3 is 15.5 Å². The Balaban J connectivity index is 1.64. The van der Waals surface area contributed by atoms with Crippen molar-refractivity contribution in [1.29, 1.82) is 0 Å². The largest absolute Gasteiger partial charge is 0.354 e. The van der Waals surface area contributed by atoms with Crippen molar-refractivity contribution in [3.05, 3.63) is 35.9 Å². The Morgan fingerprint density at radius 3 is 2.25 bits per heavy atom. The number of nitrogens with zero attached hydrogens (tertiary/aromatic N) is 1. The summed E-state index contributed by atoms with van der Waals surface area (Å²) in [5.41, 5.74) is 0.547. The number of nitrogens with one attached hydrogen (secondary N) is 2. The third-order valence-electron chi connectivity index (χ3n) is 5.54. The van der Waals surface area contributed by atoms with E-state index in [1.807, 2.05) is 36.9 Å². The number of piperidine rings is 1. The van der Waals surface area contributed by atoms with Crippen molar-refractivity contribution in [2.45, 2.75) is 45.6 Å². The fraction of sp³-hybridized carbons (Fsp3) is 0.591. The van der Waals surface area contributed by atoms with Crippen LogP contribution in [0.15, 0.2) is 30.3 Å². The molecule has 0 aromatic heterocycles. The quantitative estimate of drug-likeness (QED) is 0.755. The van der Waals surface area contributed by atoms with E-state index in [2.05, 4.69) is 10.6 Å². The van der Waals surface area contributed by atoms with Gasteiger partial charge in [0.1, 0.15) is 6.04 Å². The first-order valence-corrected chi connectivity index (χ1v) is 10.4. The van der Waals surface area contributed by atoms with Crippen molar-refractivity contribution in [3.63, 3.8) is 0 Å². The Kier molecular flexibility index (Phi) is 6.70. The molecule has 3 amide bonds. The van der Waals surface area contributed by atoms with E-state index in [1.54, 1.807) is 12.1 Å². The van der Waals surface area contributed by atoms with Gasteiger partial charge in [-0.15, -0.1) is 0 Å². The predicted molar refractivity (Wildman–Crippen MR) is 108 cm³/mol. The second-order valence-corrected chi connectivity index (χ2v) is 8.39. The van der Waals surface area contributed by atoms with E-state index < -0.39 is 6.04 Å². The van der Waals surface area contributed by atoms with Crippen LogP contribution in [0.3, 0.4) is 0 Å². The molecule has 1 atom stereocenters. The van der Waals surface area contributed by atoms with Gasteiger partial charge in [0.2, 0.25) is 11.8 Å². The second-order valence-electron chi connectivity index (χ2n) is 8.39. The summed E-state index contributed by atoms with van der Waals surface area (Å²) >= 11 is 0. The molecule has 0 radical (unpaired) electrons. The Hall–Kier alpha value is -2.37. The molecule has 1 aliphatic carbocycles. The zero-order chi connectivity index (χ0) is 20.1. The SMILES string of the molecule is CC(C)CNC(=O)C(NC(=O)c1ccccc1)C1CCN(C(=O)C2CC2)CC1. The number of likely N-dealkylation sites (tertiary alicyclic amines) is 1. The van der Waals surface area contributed by atoms with Crippen LogP contribution in [-0.4, -0.2) is 48.3 Å². The first-order valence-electron chi connectivity index (χ1n) is 10.4. The molecule has 1 aliphatic heterocycles. The molecule has 2 fully saturated rings. The minimum absolute atomic E-state index is 0.0306. The third-order valence-corrected chi connectivity index (χ3v) is 5.54. The zero-order valence-corrected chi connectivity index (χ0v) is 16.8. The highest BCUT2D eigenvalue weighted by Gasteiger charge is 2.38. The van der Waals surface area contributed by atoms with Gasteiger partial charge in [0.05, 0.1) is 0 Å². The van der Waals surface area contributed by atoms with Crippen LogP contribution in [0.1, 0.15) is 49.9 Å². The molecular formula is C22H31N3O3. The number of hydrogen-bond donors (Lipinski definition) is 2. The van der Waals surface area contributed by atoms with Gasteiger partial charge in [-0.2, -0.15) is 0 Å². The maximum atomic E-state index is 12.8. The zero-order valence-electron chi connectivity index (χ0n) is 16.8. The van der Waals surface area contributed by atoms with Gasteiger partial charge in [-0.3, -0.25) is 14.4 Å². The average Bonchev–Trinajstić information content (AvgIpc) is 3.55. The monoisotopic (exact) mass is 385 g/mol. The van der Waals surface area contributed by atoms with Crippen LogP contribution in [0, 0.1) is 17.8 Å². The fourth-order valence-corrected chi connectivity index (χ4v) is 3.67. The van der Waals surface area contributed by atoms with Gasteiger partial charge in [0.15, 0.2) is 0 Å². The molecule has 28 heavy (non-hydrogen) atoms. The van der Waals surface area contributed by atoms with Gasteiger partial charge in [0.25, 0.3) is 5.91 Å². The van der Waals surface area contributed by atoms with Crippen molar-refractivity contribution in [3.8, 4) is 0 Å². The Bertz CT molecular complexity index is 692. The minimum Gasteiger partial charge on any atom is -0.354 e. The summed E-state index contributed by atoms with van der Waals surface area (Å²) in [5.74, 6) is 0.481. The lowest BCUT2D eigenvalue weighted by Gasteiger charge is -2.36. The Morgan fingerprint density at radius 2 is 1.68 bits per heavy atom. The van der Waals surface area contributed by atoms with Crippen LogP contribution in [0.4, 0.5) is 0 Å². The topological polar surface area (TPSA) is 78.5 Å². The molecule has 6 heteroatoms. The summed E-state index contributed by atoms with van der Waals surface area (Å²) < 4.78 is 0. The highest BCUT2D eigenvalue weighted by molar-refractivity contribution is 5.97. The summed E-state index contributed by atoms with van der Waals surface area (Å²) in [5, 5.41) is 5.92. The van der Waals surface area contributed by atoms with E-state index in [4.69, 9.17) is 0 Å². The standard InChI is InChI=1S/C22H31N3O3/c1-15(2)14-23-21(27)19(24-20(26)17-6-4-3-5-7-17)16-10-12-25(13-11-16)22(28)18-8-9-18/h3-7,15-16,18-19H,8-14H2,1-2H3,(H,23,27)(H,24,26). The van der Waals surface area contributed by atoms with E-state index in [9.17, 15) is 14.4 Å². The lowest BCUT2D eigenvalue weighted by atomic mass is 9.88. The van der Waals surface area contributed by atoms with Crippen LogP contribution in [0.2, 0.25) is 0 Å². The van der Waals surface area contributed by atoms with E-state index >= 15 is 0 Å². The van der Waals surface area contributed by atoms with Crippen LogP contribution >= 0.6 is 0 Å². The number of carbonyl (C=O) groups is 3. The molecular weight excluding hydrogens is 354 g/mol. The highest BCUT2D eigenvalue weighted by atomic mass is 16.2. The number of amides is 3. The smallest absolute Gasteiger partial charge is 0.251 e. The predicted octanol–water partition coefficient (Wildman–Crippen LogP) is 2.21. The molecule has 0 spiro atoms. The van der Waals surface area contributed by atoms with Crippen molar-refractivity contribution in [1.82, 2.24) is 15.5 Å². The van der Waals surface area contributed by atoms with Gasteiger partial charge >= 0.3 is 0 Å². The molecule has 3 rings (SSSR count). The summed E-state index contributed by atoms with van der Waals surface area (Å²) in [6.07, 6.45) is 3.47. The summed E-state index contributed by atoms with van der Waals surface area (Å²) in [4.78, 5) is 39.7. The lowest BCUT2D eigenvalue weighted by molar-refractivity contribution is -0.134. The number of hydrogen-bond acceptors (Lipinski definition) is 3. The van der Waals surface area contributed by atoms with Crippen LogP contribution in [-0.2, 0) is 9.59 Å². The van der Waals surface area contributed by atoms with Gasteiger partial charge in [-0.05, 0) is 49.7 Å². The van der Waals surface area contributed by atoms with E-state index in [-0.39, 0.29) is 29.6 Å². The summed E-state index contributed by atoms with van der Waals surface area (Å²) in [6, 6.07) is 8.39. The molecule has 152 valence electrons. The van der Waals surface area contributed by atoms with Gasteiger partial charge in [-0.1, -0.05) is 32.0 Å². The average molecular weight is 386 g/mol. The molecule has 0 bridgehead atoms. The fourth-order valence-electron chi connectivity index (χ4n) is 3.67. The summed E-state index contributed by atoms with van der Waals surface area (Å²) in [7, 11) is 0. The normalized spacial score (nSPS) is 18.6. The molecule has 1 aromatic rings. The van der Waals surface area contributed by atoms with Gasteiger partial charge in [-0.25, -0.2) is 0 Å². The number of benzene rings is 1. The van der Waals surface area contributed by atoms with Crippen molar-refractivity contribution >= 4 is 17.7 Å². The molecule has 2 aliphatic rings. The molecule has 1 saturated heterocycles. The Morgan fingerprint density at radius 1 is 1.04 bits per heavy atom. The summed E-state index contributed by atoms with van der Waals surface area (Å²) in [6.45, 7) is 5.99. The van der Waals surface area contributed by atoms with Crippen molar-refractivity contribution < 1.29 is 14.4 Å². The maximum absolute atomic E-state index is 12.8. The lowest BCUT2D eigenvalue weighted by Crippen LogP contribution is -2.54. The molecule has 6 nitrogen and oxygen atoms in total. The third kappa shape index (κ3) is 5.33. The number of carbonyl (C=O) groups excluding carboxylic acids is 3. The van der Waals surface area contributed by atoms with Crippen LogP contribution in [0.25, 0.3) is 0 Å².